The minimum atomic E-state index is -0.414. The van der Waals surface area contributed by atoms with Crippen molar-refractivity contribution in [1.29, 1.82) is 0 Å². The van der Waals surface area contributed by atoms with E-state index in [1.165, 1.54) is 15.9 Å². The van der Waals surface area contributed by atoms with Crippen LogP contribution in [0.25, 0.3) is 11.0 Å². The third kappa shape index (κ3) is 5.17. The highest BCUT2D eigenvalue weighted by Gasteiger charge is 2.12. The lowest BCUT2D eigenvalue weighted by Crippen LogP contribution is -2.28. The standard InChI is InChI=1S/C26H28N4O3S/c1-4-15-33-21-13-9-18(10-14-21)16-22-24(31)27-26-30(28-22)25(32)23(34-26)17-19-7-11-20(12-8-19)29(5-2)6-3/h7-14,17H,4-6,15-16H2,1-3H3. The Balaban J connectivity index is 1.62. The highest BCUT2D eigenvalue weighted by Crippen LogP contribution is 2.16. The van der Waals surface area contributed by atoms with Crippen molar-refractivity contribution < 1.29 is 4.74 Å². The Morgan fingerprint density at radius 3 is 2.35 bits per heavy atom. The number of benzene rings is 2. The van der Waals surface area contributed by atoms with Gasteiger partial charge in [-0.15, -0.1) is 0 Å². The first-order valence-electron chi connectivity index (χ1n) is 11.5. The number of hydrogen-bond donors (Lipinski definition) is 0. The van der Waals surface area contributed by atoms with E-state index in [1.807, 2.05) is 54.6 Å². The van der Waals surface area contributed by atoms with Gasteiger partial charge in [-0.3, -0.25) is 9.59 Å². The predicted octanol–water partition coefficient (Wildman–Crippen LogP) is 3.28. The van der Waals surface area contributed by atoms with Crippen LogP contribution in [0, 0.1) is 0 Å². The predicted molar refractivity (Wildman–Crippen MR) is 137 cm³/mol. The molecule has 0 atom stereocenters. The molecule has 4 rings (SSSR count). The summed E-state index contributed by atoms with van der Waals surface area (Å²) >= 11 is 1.17. The molecule has 0 amide bonds. The zero-order valence-corrected chi connectivity index (χ0v) is 20.5. The van der Waals surface area contributed by atoms with Gasteiger partial charge in [0, 0.05) is 25.2 Å². The van der Waals surface area contributed by atoms with Crippen LogP contribution in [0.4, 0.5) is 5.69 Å². The Bertz CT molecular complexity index is 1420. The van der Waals surface area contributed by atoms with Crippen molar-refractivity contribution in [3.63, 3.8) is 0 Å². The van der Waals surface area contributed by atoms with Gasteiger partial charge in [-0.25, -0.2) is 0 Å². The quantitative estimate of drug-likeness (QED) is 0.369. The van der Waals surface area contributed by atoms with E-state index in [9.17, 15) is 9.59 Å². The molecule has 176 valence electrons. The Morgan fingerprint density at radius 2 is 1.71 bits per heavy atom. The van der Waals surface area contributed by atoms with Crippen molar-refractivity contribution >= 4 is 28.1 Å². The Hall–Kier alpha value is -3.52. The fraction of sp³-hybridized carbons (Fsp3) is 0.308. The van der Waals surface area contributed by atoms with Gasteiger partial charge in [0.2, 0.25) is 4.96 Å². The van der Waals surface area contributed by atoms with E-state index in [1.54, 1.807) is 0 Å². The van der Waals surface area contributed by atoms with Gasteiger partial charge in [0.1, 0.15) is 11.4 Å². The van der Waals surface area contributed by atoms with Crippen LogP contribution in [0.15, 0.2) is 58.1 Å². The topological polar surface area (TPSA) is 76.8 Å². The first-order valence-corrected chi connectivity index (χ1v) is 12.3. The lowest BCUT2D eigenvalue weighted by molar-refractivity contribution is 0.317. The van der Waals surface area contributed by atoms with Crippen molar-refractivity contribution in [2.75, 3.05) is 24.6 Å². The molecule has 0 aliphatic carbocycles. The maximum absolute atomic E-state index is 13.0. The zero-order valence-electron chi connectivity index (χ0n) is 19.7. The lowest BCUT2D eigenvalue weighted by Gasteiger charge is -2.20. The second-order valence-electron chi connectivity index (χ2n) is 7.91. The highest BCUT2D eigenvalue weighted by molar-refractivity contribution is 7.15. The molecule has 2 aromatic carbocycles. The molecule has 0 radical (unpaired) electrons. The van der Waals surface area contributed by atoms with Crippen molar-refractivity contribution in [3.8, 4) is 5.75 Å². The summed E-state index contributed by atoms with van der Waals surface area (Å²) in [7, 11) is 0. The maximum atomic E-state index is 13.0. The molecule has 4 aromatic rings. The molecule has 8 heteroatoms. The van der Waals surface area contributed by atoms with E-state index in [0.29, 0.717) is 22.5 Å². The Morgan fingerprint density at radius 1 is 1.00 bits per heavy atom. The Labute approximate surface area is 202 Å². The molecule has 0 bridgehead atoms. The van der Waals surface area contributed by atoms with Crippen LogP contribution in [0.2, 0.25) is 0 Å². The van der Waals surface area contributed by atoms with Crippen molar-refractivity contribution in [2.45, 2.75) is 33.6 Å². The van der Waals surface area contributed by atoms with Crippen LogP contribution in [-0.4, -0.2) is 34.3 Å². The summed E-state index contributed by atoms with van der Waals surface area (Å²) in [6.07, 6.45) is 3.05. The highest BCUT2D eigenvalue weighted by atomic mass is 32.1. The van der Waals surface area contributed by atoms with E-state index in [2.05, 4.69) is 35.8 Å². The molecule has 0 saturated carbocycles. The second-order valence-corrected chi connectivity index (χ2v) is 8.92. The van der Waals surface area contributed by atoms with E-state index in [-0.39, 0.29) is 11.3 Å². The molecule has 7 nitrogen and oxygen atoms in total. The minimum absolute atomic E-state index is 0.241. The third-order valence-corrected chi connectivity index (χ3v) is 6.50. The van der Waals surface area contributed by atoms with Crippen LogP contribution < -0.4 is 25.3 Å². The number of nitrogens with zero attached hydrogens (tertiary/aromatic N) is 4. The average molecular weight is 477 g/mol. The van der Waals surface area contributed by atoms with E-state index in [4.69, 9.17) is 4.74 Å². The van der Waals surface area contributed by atoms with Crippen molar-refractivity contribution in [1.82, 2.24) is 14.6 Å². The summed E-state index contributed by atoms with van der Waals surface area (Å²) in [6.45, 7) is 8.83. The smallest absolute Gasteiger partial charge is 0.296 e. The van der Waals surface area contributed by atoms with Crippen LogP contribution >= 0.6 is 11.3 Å². The third-order valence-electron chi connectivity index (χ3n) is 5.54. The zero-order chi connectivity index (χ0) is 24.1. The average Bonchev–Trinajstić information content (AvgIpc) is 3.14. The second kappa shape index (κ2) is 10.6. The molecular formula is C26H28N4O3S. The molecule has 0 N–H and O–H groups in total. The molecule has 0 spiro atoms. The van der Waals surface area contributed by atoms with E-state index >= 15 is 0 Å². The van der Waals surface area contributed by atoms with Gasteiger partial charge >= 0.3 is 0 Å². The number of hydrogen-bond acceptors (Lipinski definition) is 7. The number of thiazole rings is 1. The van der Waals surface area contributed by atoms with Gasteiger partial charge < -0.3 is 9.64 Å². The molecule has 0 fully saturated rings. The van der Waals surface area contributed by atoms with Gasteiger partial charge in [-0.1, -0.05) is 42.5 Å². The molecule has 0 aliphatic heterocycles. The molecule has 0 saturated heterocycles. The van der Waals surface area contributed by atoms with Crippen LogP contribution in [-0.2, 0) is 6.42 Å². The van der Waals surface area contributed by atoms with Crippen LogP contribution in [0.1, 0.15) is 44.0 Å². The summed E-state index contributed by atoms with van der Waals surface area (Å²) < 4.78 is 7.32. The molecule has 34 heavy (non-hydrogen) atoms. The van der Waals surface area contributed by atoms with Gasteiger partial charge in [-0.2, -0.15) is 14.6 Å². The molecule has 2 heterocycles. The normalized spacial score (nSPS) is 11.8. The number of aromatic nitrogens is 3. The van der Waals surface area contributed by atoms with E-state index in [0.717, 1.165) is 42.1 Å². The van der Waals surface area contributed by atoms with Gasteiger partial charge in [0.05, 0.1) is 11.1 Å². The first kappa shape index (κ1) is 23.6. The number of fused-ring (bicyclic) bond motifs is 1. The fourth-order valence-electron chi connectivity index (χ4n) is 3.69. The van der Waals surface area contributed by atoms with Crippen LogP contribution in [0.5, 0.6) is 5.75 Å². The number of anilines is 1. The lowest BCUT2D eigenvalue weighted by atomic mass is 10.1. The largest absolute Gasteiger partial charge is 0.494 e. The summed E-state index contributed by atoms with van der Waals surface area (Å²) in [4.78, 5) is 32.2. The summed E-state index contributed by atoms with van der Waals surface area (Å²) in [5.74, 6) is 0.786. The van der Waals surface area contributed by atoms with Crippen molar-refractivity contribution in [2.24, 2.45) is 0 Å². The number of ether oxygens (including phenoxy) is 1. The van der Waals surface area contributed by atoms with Gasteiger partial charge in [0.25, 0.3) is 11.1 Å². The van der Waals surface area contributed by atoms with Crippen molar-refractivity contribution in [3.05, 3.63) is 90.6 Å². The summed E-state index contributed by atoms with van der Waals surface area (Å²) in [5, 5.41) is 4.35. The van der Waals surface area contributed by atoms with Gasteiger partial charge in [0.15, 0.2) is 0 Å². The molecule has 2 aromatic heterocycles. The molecule has 0 aliphatic rings. The SMILES string of the molecule is CCCOc1ccc(Cc2nn3c(=O)c(=Cc4ccc(N(CC)CC)cc4)sc3nc2=O)cc1. The Kier molecular flexibility index (Phi) is 7.37. The molecular weight excluding hydrogens is 448 g/mol. The van der Waals surface area contributed by atoms with Crippen LogP contribution in [0.3, 0.4) is 0 Å². The molecule has 0 unspecified atom stereocenters. The number of rotatable bonds is 9. The maximum Gasteiger partial charge on any atom is 0.296 e. The first-order chi connectivity index (χ1) is 16.5. The van der Waals surface area contributed by atoms with E-state index < -0.39 is 5.56 Å². The van der Waals surface area contributed by atoms with Gasteiger partial charge in [-0.05, 0) is 61.7 Å². The summed E-state index contributed by atoms with van der Waals surface area (Å²) in [6, 6.07) is 15.6. The summed E-state index contributed by atoms with van der Waals surface area (Å²) in [5.41, 5.74) is 2.51. The fourth-order valence-corrected chi connectivity index (χ4v) is 4.59. The monoisotopic (exact) mass is 476 g/mol. The minimum Gasteiger partial charge on any atom is -0.494 e.